The molecule has 0 aliphatic rings. The molecule has 2 heterocycles. The van der Waals surface area contributed by atoms with Crippen LogP contribution in [0.3, 0.4) is 0 Å². The van der Waals surface area contributed by atoms with E-state index in [0.29, 0.717) is 5.16 Å². The molecule has 0 saturated carbocycles. The molecule has 0 aliphatic heterocycles. The molecule has 0 atom stereocenters. The summed E-state index contributed by atoms with van der Waals surface area (Å²) < 4.78 is 1.51. The fourth-order valence-electron chi connectivity index (χ4n) is 1.54. The second-order valence-corrected chi connectivity index (χ2v) is 4.97. The molecule has 2 rings (SSSR count). The Morgan fingerprint density at radius 3 is 2.50 bits per heavy atom. The van der Waals surface area contributed by atoms with E-state index in [-0.39, 0.29) is 0 Å². The van der Waals surface area contributed by atoms with E-state index >= 15 is 0 Å². The minimum Gasteiger partial charge on any atom is -0.336 e. The lowest BCUT2D eigenvalue weighted by atomic mass is 10.3. The first-order chi connectivity index (χ1) is 8.52. The quantitative estimate of drug-likeness (QED) is 0.667. The fraction of sp³-hybridized carbons (Fsp3) is 0.455. The molecule has 6 nitrogen and oxygen atoms in total. The molecule has 0 unspecified atom stereocenters. The SMILES string of the molecule is CCc1nnc(Sc2nc(C)nc(C)c2C)n1N. The Hall–Kier alpha value is -1.63. The second kappa shape index (κ2) is 4.93. The van der Waals surface area contributed by atoms with Gasteiger partial charge in [-0.1, -0.05) is 6.92 Å². The predicted molar refractivity (Wildman–Crippen MR) is 69.9 cm³/mol. The molecular weight excluding hydrogens is 248 g/mol. The average molecular weight is 264 g/mol. The molecule has 2 aromatic heterocycles. The van der Waals surface area contributed by atoms with Crippen LogP contribution in [0.2, 0.25) is 0 Å². The summed E-state index contributed by atoms with van der Waals surface area (Å²) in [5.41, 5.74) is 2.02. The van der Waals surface area contributed by atoms with Gasteiger partial charge >= 0.3 is 0 Å². The monoisotopic (exact) mass is 264 g/mol. The molecule has 2 N–H and O–H groups in total. The van der Waals surface area contributed by atoms with Gasteiger partial charge in [-0.25, -0.2) is 14.6 Å². The van der Waals surface area contributed by atoms with Crippen LogP contribution in [0.1, 0.15) is 29.8 Å². The average Bonchev–Trinajstić information content (AvgIpc) is 2.67. The zero-order valence-corrected chi connectivity index (χ0v) is 11.7. The summed E-state index contributed by atoms with van der Waals surface area (Å²) in [5.74, 6) is 7.43. The molecule has 0 bridgehead atoms. The topological polar surface area (TPSA) is 82.5 Å². The Morgan fingerprint density at radius 1 is 1.17 bits per heavy atom. The van der Waals surface area contributed by atoms with Crippen molar-refractivity contribution < 1.29 is 0 Å². The largest absolute Gasteiger partial charge is 0.336 e. The summed E-state index contributed by atoms with van der Waals surface area (Å²) in [6.45, 7) is 7.83. The van der Waals surface area contributed by atoms with Gasteiger partial charge in [0.25, 0.3) is 0 Å². The fourth-order valence-corrected chi connectivity index (χ4v) is 2.48. The van der Waals surface area contributed by atoms with Gasteiger partial charge in [0, 0.05) is 17.7 Å². The molecule has 0 amide bonds. The van der Waals surface area contributed by atoms with Crippen LogP contribution in [0, 0.1) is 20.8 Å². The summed E-state index contributed by atoms with van der Waals surface area (Å²) in [5, 5.41) is 9.62. The zero-order chi connectivity index (χ0) is 13.3. The van der Waals surface area contributed by atoms with E-state index in [9.17, 15) is 0 Å². The maximum absolute atomic E-state index is 5.92. The van der Waals surface area contributed by atoms with E-state index in [4.69, 9.17) is 5.84 Å². The Balaban J connectivity index is 2.37. The van der Waals surface area contributed by atoms with Crippen LogP contribution < -0.4 is 5.84 Å². The van der Waals surface area contributed by atoms with Crippen LogP contribution in [-0.2, 0) is 6.42 Å². The number of nitrogens with two attached hydrogens (primary N) is 1. The first-order valence-corrected chi connectivity index (χ1v) is 6.53. The molecule has 7 heteroatoms. The van der Waals surface area contributed by atoms with Crippen molar-refractivity contribution in [2.45, 2.75) is 44.3 Å². The highest BCUT2D eigenvalue weighted by Gasteiger charge is 2.13. The van der Waals surface area contributed by atoms with Gasteiger partial charge in [0.2, 0.25) is 5.16 Å². The maximum Gasteiger partial charge on any atom is 0.216 e. The van der Waals surface area contributed by atoms with Crippen molar-refractivity contribution in [2.24, 2.45) is 0 Å². The highest BCUT2D eigenvalue weighted by molar-refractivity contribution is 7.99. The van der Waals surface area contributed by atoms with E-state index in [0.717, 1.165) is 34.4 Å². The molecular formula is C11H16N6S. The van der Waals surface area contributed by atoms with Crippen LogP contribution in [0.4, 0.5) is 0 Å². The molecule has 2 aromatic rings. The normalized spacial score (nSPS) is 10.9. The van der Waals surface area contributed by atoms with Crippen LogP contribution in [-0.4, -0.2) is 24.8 Å². The number of nitrogen functional groups attached to an aromatic ring is 1. The van der Waals surface area contributed by atoms with Gasteiger partial charge in [0.05, 0.1) is 0 Å². The van der Waals surface area contributed by atoms with E-state index < -0.39 is 0 Å². The van der Waals surface area contributed by atoms with Crippen molar-refractivity contribution in [3.8, 4) is 0 Å². The summed E-state index contributed by atoms with van der Waals surface area (Å²) >= 11 is 1.42. The molecule has 0 saturated heterocycles. The van der Waals surface area contributed by atoms with Crippen LogP contribution in [0.25, 0.3) is 0 Å². The van der Waals surface area contributed by atoms with Gasteiger partial charge in [0.1, 0.15) is 10.9 Å². The van der Waals surface area contributed by atoms with Crippen LogP contribution in [0.15, 0.2) is 10.2 Å². The highest BCUT2D eigenvalue weighted by Crippen LogP contribution is 2.27. The van der Waals surface area contributed by atoms with Crippen molar-refractivity contribution in [3.05, 3.63) is 22.9 Å². The first kappa shape index (κ1) is 12.8. The summed E-state index contributed by atoms with van der Waals surface area (Å²) in [7, 11) is 0. The number of aryl methyl sites for hydroxylation is 3. The van der Waals surface area contributed by atoms with Gasteiger partial charge in [-0.05, 0) is 32.5 Å². The van der Waals surface area contributed by atoms with E-state index in [1.165, 1.54) is 16.4 Å². The maximum atomic E-state index is 5.92. The number of hydrogen-bond acceptors (Lipinski definition) is 6. The lowest BCUT2D eigenvalue weighted by molar-refractivity contribution is 0.793. The van der Waals surface area contributed by atoms with Gasteiger partial charge < -0.3 is 5.84 Å². The minimum absolute atomic E-state index is 0.646. The van der Waals surface area contributed by atoms with Crippen molar-refractivity contribution in [1.29, 1.82) is 0 Å². The predicted octanol–water partition coefficient (Wildman–Crippen LogP) is 1.42. The molecule has 0 aliphatic carbocycles. The molecule has 0 radical (unpaired) electrons. The van der Waals surface area contributed by atoms with Crippen molar-refractivity contribution in [2.75, 3.05) is 5.84 Å². The second-order valence-electron chi connectivity index (χ2n) is 4.01. The summed E-state index contributed by atoms with van der Waals surface area (Å²) in [6.07, 6.45) is 0.755. The Labute approximate surface area is 110 Å². The number of hydrogen-bond donors (Lipinski definition) is 1. The van der Waals surface area contributed by atoms with Gasteiger partial charge in [0.15, 0.2) is 5.82 Å². The molecule has 96 valence electrons. The third-order valence-electron chi connectivity index (χ3n) is 2.70. The summed E-state index contributed by atoms with van der Waals surface area (Å²) in [6, 6.07) is 0. The molecule has 0 spiro atoms. The van der Waals surface area contributed by atoms with Crippen molar-refractivity contribution in [3.63, 3.8) is 0 Å². The Bertz CT molecular complexity index is 577. The first-order valence-electron chi connectivity index (χ1n) is 5.72. The van der Waals surface area contributed by atoms with Crippen molar-refractivity contribution >= 4 is 11.8 Å². The van der Waals surface area contributed by atoms with Gasteiger partial charge in [-0.15, -0.1) is 10.2 Å². The van der Waals surface area contributed by atoms with Crippen LogP contribution in [0.5, 0.6) is 0 Å². The smallest absolute Gasteiger partial charge is 0.216 e. The zero-order valence-electron chi connectivity index (χ0n) is 10.9. The van der Waals surface area contributed by atoms with Gasteiger partial charge in [-0.3, -0.25) is 0 Å². The Kier molecular flexibility index (Phi) is 3.51. The number of nitrogens with zero attached hydrogens (tertiary/aromatic N) is 5. The molecule has 0 aromatic carbocycles. The Morgan fingerprint density at radius 2 is 1.89 bits per heavy atom. The third-order valence-corrected chi connectivity index (χ3v) is 3.75. The molecule has 18 heavy (non-hydrogen) atoms. The third kappa shape index (κ3) is 2.31. The standard InChI is InChI=1S/C11H16N6S/c1-5-9-15-16-11(17(9)12)18-10-6(2)7(3)13-8(4)14-10/h5,12H2,1-4H3. The minimum atomic E-state index is 0.646. The number of rotatable bonds is 3. The van der Waals surface area contributed by atoms with E-state index in [1.807, 2.05) is 27.7 Å². The van der Waals surface area contributed by atoms with Crippen molar-refractivity contribution in [1.82, 2.24) is 24.8 Å². The van der Waals surface area contributed by atoms with E-state index in [2.05, 4.69) is 20.2 Å². The van der Waals surface area contributed by atoms with E-state index in [1.54, 1.807) is 0 Å². The summed E-state index contributed by atoms with van der Waals surface area (Å²) in [4.78, 5) is 8.74. The highest BCUT2D eigenvalue weighted by atomic mass is 32.2. The van der Waals surface area contributed by atoms with Crippen LogP contribution >= 0.6 is 11.8 Å². The lowest BCUT2D eigenvalue weighted by Crippen LogP contribution is -2.13. The lowest BCUT2D eigenvalue weighted by Gasteiger charge is -2.07. The molecule has 0 fully saturated rings. The van der Waals surface area contributed by atoms with Gasteiger partial charge in [-0.2, -0.15) is 0 Å². The number of aromatic nitrogens is 5.